The summed E-state index contributed by atoms with van der Waals surface area (Å²) < 4.78 is 46.2. The minimum absolute atomic E-state index is 0.00195. The molecule has 1 amide bonds. The minimum Gasteiger partial charge on any atom is -0.472 e. The normalized spacial score (nSPS) is 12.1. The van der Waals surface area contributed by atoms with Crippen molar-refractivity contribution in [2.75, 3.05) is 20.8 Å². The number of halogens is 3. The second-order valence-electron chi connectivity index (χ2n) is 5.22. The van der Waals surface area contributed by atoms with Gasteiger partial charge in [-0.25, -0.2) is 17.9 Å². The van der Waals surface area contributed by atoms with Gasteiger partial charge in [0.25, 0.3) is 5.91 Å². The molecule has 0 saturated heterocycles. The van der Waals surface area contributed by atoms with Crippen LogP contribution in [0.15, 0.2) is 41.2 Å². The largest absolute Gasteiger partial charge is 0.472 e. The summed E-state index contributed by atoms with van der Waals surface area (Å²) in [6.07, 6.45) is 2.99. The van der Waals surface area contributed by atoms with Crippen LogP contribution in [0.3, 0.4) is 0 Å². The molecule has 0 fully saturated rings. The molecule has 2 aromatic rings. The Morgan fingerprint density at radius 1 is 1.33 bits per heavy atom. The Hall–Kier alpha value is -3.30. The molecule has 1 N–H and O–H groups in total. The van der Waals surface area contributed by atoms with Crippen LogP contribution in [-0.2, 0) is 9.63 Å². The molecule has 0 aliphatic heterocycles. The topological polar surface area (TPSA) is 77.7 Å². The van der Waals surface area contributed by atoms with Crippen LogP contribution in [0.25, 0.3) is 5.69 Å². The van der Waals surface area contributed by atoms with Crippen LogP contribution in [0, 0.1) is 17.5 Å². The average molecular weight is 382 g/mol. The van der Waals surface area contributed by atoms with Gasteiger partial charge in [0.15, 0.2) is 23.2 Å². The lowest BCUT2D eigenvalue weighted by molar-refractivity contribution is -0.114. The molecule has 0 bridgehead atoms. The first-order valence-electron chi connectivity index (χ1n) is 7.71. The molecule has 144 valence electrons. The van der Waals surface area contributed by atoms with Crippen molar-refractivity contribution in [3.05, 3.63) is 53.5 Å². The van der Waals surface area contributed by atoms with E-state index in [0.717, 1.165) is 16.8 Å². The Bertz CT molecular complexity index is 870. The third-order valence-corrected chi connectivity index (χ3v) is 3.42. The predicted octanol–water partition coefficient (Wildman–Crippen LogP) is 2.36. The Labute approximate surface area is 153 Å². The number of nitrogens with zero attached hydrogens (tertiary/aromatic N) is 3. The van der Waals surface area contributed by atoms with E-state index < -0.39 is 23.4 Å². The maximum absolute atomic E-state index is 13.3. The summed E-state index contributed by atoms with van der Waals surface area (Å²) in [7, 11) is 2.78. The zero-order valence-electron chi connectivity index (χ0n) is 14.8. The summed E-state index contributed by atoms with van der Waals surface area (Å²) in [6, 6.07) is 3.09. The van der Waals surface area contributed by atoms with Crippen LogP contribution < -0.4 is 10.1 Å². The fourth-order valence-corrected chi connectivity index (χ4v) is 2.05. The van der Waals surface area contributed by atoms with Crippen molar-refractivity contribution in [2.24, 2.45) is 5.16 Å². The number of ether oxygens (including phenoxy) is 1. The molecule has 1 aromatic heterocycles. The SMILES string of the molecule is CNC(=O)C(=N/OC)/C(C)=C/COc1ccn(-c2cc(F)c(F)c(F)c2)n1. The van der Waals surface area contributed by atoms with Crippen LogP contribution in [0.1, 0.15) is 6.92 Å². The van der Waals surface area contributed by atoms with Crippen molar-refractivity contribution < 1.29 is 27.5 Å². The average Bonchev–Trinajstić information content (AvgIpc) is 3.12. The highest BCUT2D eigenvalue weighted by Gasteiger charge is 2.14. The number of benzene rings is 1. The van der Waals surface area contributed by atoms with Crippen molar-refractivity contribution in [3.63, 3.8) is 0 Å². The van der Waals surface area contributed by atoms with Crippen LogP contribution in [0.4, 0.5) is 13.2 Å². The first-order valence-corrected chi connectivity index (χ1v) is 7.71. The highest BCUT2D eigenvalue weighted by molar-refractivity contribution is 6.44. The smallest absolute Gasteiger partial charge is 0.273 e. The lowest BCUT2D eigenvalue weighted by atomic mass is 10.1. The lowest BCUT2D eigenvalue weighted by Gasteiger charge is -2.05. The number of nitrogens with one attached hydrogen (secondary N) is 1. The molecule has 0 aliphatic rings. The highest BCUT2D eigenvalue weighted by atomic mass is 19.2. The van der Waals surface area contributed by atoms with E-state index in [1.807, 2.05) is 0 Å². The number of hydrogen-bond acceptors (Lipinski definition) is 5. The standard InChI is InChI=1S/C17H17F3N4O3/c1-10(16(23-26-3)17(25)21-2)5-7-27-14-4-6-24(22-14)11-8-12(18)15(20)13(19)9-11/h4-6,8-9H,7H2,1-3H3,(H,21,25)/b10-5+,23-16+. The molecule has 1 aromatic carbocycles. The zero-order chi connectivity index (χ0) is 20.0. The van der Waals surface area contributed by atoms with E-state index in [0.29, 0.717) is 5.57 Å². The molecular weight excluding hydrogens is 365 g/mol. The first kappa shape index (κ1) is 20.0. The monoisotopic (exact) mass is 382 g/mol. The second kappa shape index (κ2) is 8.88. The van der Waals surface area contributed by atoms with Gasteiger partial charge in [-0.2, -0.15) is 0 Å². The molecule has 2 rings (SSSR count). The summed E-state index contributed by atoms with van der Waals surface area (Å²) in [4.78, 5) is 16.3. The van der Waals surface area contributed by atoms with Crippen LogP contribution >= 0.6 is 0 Å². The number of hydrogen-bond donors (Lipinski definition) is 1. The van der Waals surface area contributed by atoms with Crippen molar-refractivity contribution in [1.29, 1.82) is 0 Å². The van der Waals surface area contributed by atoms with Gasteiger partial charge >= 0.3 is 0 Å². The molecule has 10 heteroatoms. The van der Waals surface area contributed by atoms with Gasteiger partial charge in [0, 0.05) is 31.4 Å². The Morgan fingerprint density at radius 3 is 2.59 bits per heavy atom. The molecule has 0 saturated carbocycles. The summed E-state index contributed by atoms with van der Waals surface area (Å²) >= 11 is 0. The van der Waals surface area contributed by atoms with E-state index in [1.165, 1.54) is 26.4 Å². The number of rotatable bonds is 7. The van der Waals surface area contributed by atoms with Crippen LogP contribution in [0.5, 0.6) is 5.88 Å². The van der Waals surface area contributed by atoms with Gasteiger partial charge in [0.2, 0.25) is 5.88 Å². The zero-order valence-corrected chi connectivity index (χ0v) is 14.8. The van der Waals surface area contributed by atoms with Gasteiger partial charge in [-0.15, -0.1) is 5.10 Å². The fourth-order valence-electron chi connectivity index (χ4n) is 2.05. The maximum Gasteiger partial charge on any atom is 0.273 e. The van der Waals surface area contributed by atoms with Gasteiger partial charge in [-0.1, -0.05) is 5.16 Å². The summed E-state index contributed by atoms with van der Waals surface area (Å²) in [5.41, 5.74) is 0.604. The third kappa shape index (κ3) is 4.87. The van der Waals surface area contributed by atoms with E-state index in [-0.39, 0.29) is 23.9 Å². The van der Waals surface area contributed by atoms with Gasteiger partial charge in [-0.05, 0) is 18.6 Å². The van der Waals surface area contributed by atoms with Gasteiger partial charge < -0.3 is 14.9 Å². The predicted molar refractivity (Wildman–Crippen MR) is 91.2 cm³/mol. The van der Waals surface area contributed by atoms with Crippen LogP contribution in [-0.4, -0.2) is 42.2 Å². The maximum atomic E-state index is 13.3. The molecule has 27 heavy (non-hydrogen) atoms. The Balaban J connectivity index is 2.08. The second-order valence-corrected chi connectivity index (χ2v) is 5.22. The van der Waals surface area contributed by atoms with E-state index >= 15 is 0 Å². The van der Waals surface area contributed by atoms with E-state index in [1.54, 1.807) is 13.0 Å². The number of amides is 1. The van der Waals surface area contributed by atoms with Gasteiger partial charge in [0.1, 0.15) is 13.7 Å². The summed E-state index contributed by atoms with van der Waals surface area (Å²) in [5.74, 6) is -4.45. The van der Waals surface area contributed by atoms with E-state index in [2.05, 4.69) is 20.4 Å². The van der Waals surface area contributed by atoms with Crippen LogP contribution in [0.2, 0.25) is 0 Å². The molecule has 7 nitrogen and oxygen atoms in total. The van der Waals surface area contributed by atoms with Gasteiger partial charge in [0.05, 0.1) is 5.69 Å². The summed E-state index contributed by atoms with van der Waals surface area (Å²) in [6.45, 7) is 1.70. The molecule has 0 radical (unpaired) electrons. The van der Waals surface area contributed by atoms with E-state index in [9.17, 15) is 18.0 Å². The number of carbonyl (C=O) groups is 1. The van der Waals surface area contributed by atoms with Gasteiger partial charge in [-0.3, -0.25) is 4.79 Å². The Morgan fingerprint density at radius 2 is 2.00 bits per heavy atom. The molecule has 0 atom stereocenters. The molecule has 0 spiro atoms. The quantitative estimate of drug-likeness (QED) is 0.453. The highest BCUT2D eigenvalue weighted by Crippen LogP contribution is 2.18. The number of aromatic nitrogens is 2. The third-order valence-electron chi connectivity index (χ3n) is 3.42. The molecule has 0 unspecified atom stereocenters. The molecule has 1 heterocycles. The van der Waals surface area contributed by atoms with Crippen molar-refractivity contribution in [3.8, 4) is 11.6 Å². The Kier molecular flexibility index (Phi) is 6.58. The van der Waals surface area contributed by atoms with Crippen molar-refractivity contribution in [1.82, 2.24) is 15.1 Å². The summed E-state index contributed by atoms with van der Waals surface area (Å²) in [5, 5.41) is 10.1. The fraction of sp³-hybridized carbons (Fsp3) is 0.235. The van der Waals surface area contributed by atoms with Crippen molar-refractivity contribution >= 4 is 11.6 Å². The van der Waals surface area contributed by atoms with E-state index in [4.69, 9.17) is 4.74 Å². The number of carbonyl (C=O) groups excluding carboxylic acids is 1. The number of oxime groups is 1. The van der Waals surface area contributed by atoms with Crippen molar-refractivity contribution in [2.45, 2.75) is 6.92 Å². The first-order chi connectivity index (χ1) is 12.9. The minimum atomic E-state index is -1.55. The molecular formula is C17H17F3N4O3. The molecule has 0 aliphatic carbocycles. The lowest BCUT2D eigenvalue weighted by Crippen LogP contribution is -2.28.